The predicted octanol–water partition coefficient (Wildman–Crippen LogP) is 0.781. The number of aromatic nitrogens is 1. The van der Waals surface area contributed by atoms with Crippen LogP contribution in [0.5, 0.6) is 0 Å². The molecule has 0 bridgehead atoms. The molecule has 0 radical (unpaired) electrons. The van der Waals surface area contributed by atoms with E-state index in [1.165, 1.54) is 24.4 Å². The van der Waals surface area contributed by atoms with Gasteiger partial charge in [0.2, 0.25) is 0 Å². The SMILES string of the molecule is C#CN([C@@H](CC=C)C(=O)OC)S(=O)(=O)c1ccccn1. The Kier molecular flexibility index (Phi) is 5.29. The Labute approximate surface area is 118 Å². The van der Waals surface area contributed by atoms with Gasteiger partial charge in [-0.05, 0) is 18.6 Å². The lowest BCUT2D eigenvalue weighted by molar-refractivity contribution is -0.144. The fourth-order valence-corrected chi connectivity index (χ4v) is 2.80. The van der Waals surface area contributed by atoms with Gasteiger partial charge in [-0.25, -0.2) is 14.1 Å². The molecule has 6 nitrogen and oxygen atoms in total. The highest BCUT2D eigenvalue weighted by Gasteiger charge is 2.34. The molecule has 0 aliphatic rings. The molecule has 1 aromatic heterocycles. The van der Waals surface area contributed by atoms with E-state index in [0.29, 0.717) is 4.31 Å². The van der Waals surface area contributed by atoms with Crippen molar-refractivity contribution >= 4 is 16.0 Å². The third kappa shape index (κ3) is 3.16. The monoisotopic (exact) mass is 294 g/mol. The summed E-state index contributed by atoms with van der Waals surface area (Å²) >= 11 is 0. The Morgan fingerprint density at radius 2 is 2.35 bits per heavy atom. The molecule has 0 saturated heterocycles. The maximum atomic E-state index is 12.4. The lowest BCUT2D eigenvalue weighted by Gasteiger charge is -2.24. The van der Waals surface area contributed by atoms with Crippen molar-refractivity contribution in [3.63, 3.8) is 0 Å². The molecule has 0 aliphatic heterocycles. The standard InChI is InChI=1S/C13H14N2O4S/c1-4-8-11(13(16)19-3)15(5-2)20(17,18)12-9-6-7-10-14-12/h2,4,6-7,9-11H,1,8H2,3H3/t11-/m0/s1. The number of esters is 1. The number of nitrogens with zero attached hydrogens (tertiary/aromatic N) is 2. The van der Waals surface area contributed by atoms with E-state index in [1.54, 1.807) is 6.07 Å². The van der Waals surface area contributed by atoms with E-state index < -0.39 is 22.0 Å². The third-order valence-corrected chi connectivity index (χ3v) is 4.08. The van der Waals surface area contributed by atoms with Gasteiger partial charge in [0.05, 0.1) is 7.11 Å². The lowest BCUT2D eigenvalue weighted by Crippen LogP contribution is -2.42. The Morgan fingerprint density at radius 1 is 1.65 bits per heavy atom. The van der Waals surface area contributed by atoms with Crippen LogP contribution in [0.4, 0.5) is 0 Å². The van der Waals surface area contributed by atoms with Crippen LogP contribution < -0.4 is 0 Å². The van der Waals surface area contributed by atoms with Crippen molar-refractivity contribution in [2.24, 2.45) is 0 Å². The van der Waals surface area contributed by atoms with Gasteiger partial charge in [0, 0.05) is 12.2 Å². The van der Waals surface area contributed by atoms with Gasteiger partial charge in [0.15, 0.2) is 11.1 Å². The molecule has 0 saturated carbocycles. The van der Waals surface area contributed by atoms with Crippen LogP contribution in [-0.2, 0) is 19.6 Å². The molecule has 0 spiro atoms. The van der Waals surface area contributed by atoms with Crippen molar-refractivity contribution in [2.75, 3.05) is 7.11 Å². The van der Waals surface area contributed by atoms with E-state index in [-0.39, 0.29) is 11.4 Å². The van der Waals surface area contributed by atoms with Gasteiger partial charge in [0.1, 0.15) is 0 Å². The van der Waals surface area contributed by atoms with Crippen LogP contribution in [0.3, 0.4) is 0 Å². The first-order valence-corrected chi connectivity index (χ1v) is 7.03. The first-order chi connectivity index (χ1) is 9.48. The quantitative estimate of drug-likeness (QED) is 0.335. The number of ether oxygens (including phenoxy) is 1. The van der Waals surface area contributed by atoms with E-state index in [0.717, 1.165) is 7.11 Å². The summed E-state index contributed by atoms with van der Waals surface area (Å²) in [5.41, 5.74) is 0. The zero-order valence-corrected chi connectivity index (χ0v) is 11.7. The first kappa shape index (κ1) is 15.7. The number of carbonyl (C=O) groups excluding carboxylic acids is 1. The van der Waals surface area contributed by atoms with Crippen LogP contribution in [0.15, 0.2) is 42.1 Å². The molecular weight excluding hydrogens is 280 g/mol. The minimum Gasteiger partial charge on any atom is -0.467 e. The predicted molar refractivity (Wildman–Crippen MR) is 72.7 cm³/mol. The lowest BCUT2D eigenvalue weighted by atomic mass is 10.2. The summed E-state index contributed by atoms with van der Waals surface area (Å²) in [7, 11) is -2.94. The second-order valence-electron chi connectivity index (χ2n) is 3.66. The van der Waals surface area contributed by atoms with Crippen molar-refractivity contribution < 1.29 is 17.9 Å². The summed E-state index contributed by atoms with van der Waals surface area (Å²) in [4.78, 5) is 15.4. The van der Waals surface area contributed by atoms with E-state index in [2.05, 4.69) is 16.3 Å². The molecule has 0 amide bonds. The molecule has 7 heteroatoms. The number of hydrogen-bond acceptors (Lipinski definition) is 5. The molecule has 1 rings (SSSR count). The molecule has 106 valence electrons. The number of terminal acetylenes is 1. The average molecular weight is 294 g/mol. The molecule has 0 fully saturated rings. The zero-order chi connectivity index (χ0) is 15.2. The average Bonchev–Trinajstić information content (AvgIpc) is 2.47. The van der Waals surface area contributed by atoms with Crippen LogP contribution in [0.1, 0.15) is 6.42 Å². The second-order valence-corrected chi connectivity index (χ2v) is 5.42. The molecule has 0 N–H and O–H groups in total. The number of pyridine rings is 1. The number of carbonyl (C=O) groups is 1. The van der Waals surface area contributed by atoms with E-state index in [1.807, 2.05) is 6.04 Å². The number of sulfonamides is 1. The summed E-state index contributed by atoms with van der Waals surface area (Å²) in [6.07, 6.45) is 7.99. The van der Waals surface area contributed by atoms with E-state index in [4.69, 9.17) is 6.42 Å². The highest BCUT2D eigenvalue weighted by Crippen LogP contribution is 2.18. The molecule has 0 unspecified atom stereocenters. The molecule has 20 heavy (non-hydrogen) atoms. The highest BCUT2D eigenvalue weighted by molar-refractivity contribution is 7.89. The number of rotatable bonds is 6. The van der Waals surface area contributed by atoms with Gasteiger partial charge < -0.3 is 4.74 Å². The topological polar surface area (TPSA) is 76.6 Å². The largest absolute Gasteiger partial charge is 0.467 e. The van der Waals surface area contributed by atoms with Gasteiger partial charge in [-0.15, -0.1) is 6.58 Å². The minimum atomic E-state index is -4.09. The molecule has 1 atom stereocenters. The Morgan fingerprint density at radius 3 is 2.80 bits per heavy atom. The van der Waals surface area contributed by atoms with Gasteiger partial charge in [-0.2, -0.15) is 8.42 Å². The summed E-state index contributed by atoms with van der Waals surface area (Å²) in [6.45, 7) is 3.48. The molecule has 1 aromatic rings. The third-order valence-electron chi connectivity index (χ3n) is 2.43. The molecule has 1 heterocycles. The van der Waals surface area contributed by atoms with E-state index >= 15 is 0 Å². The second kappa shape index (κ2) is 6.73. The summed E-state index contributed by atoms with van der Waals surface area (Å²) in [6, 6.07) is 5.20. The van der Waals surface area contributed by atoms with Crippen molar-refractivity contribution in [1.82, 2.24) is 9.29 Å². The normalized spacial score (nSPS) is 12.0. The minimum absolute atomic E-state index is 0.0307. The maximum absolute atomic E-state index is 12.4. The zero-order valence-electron chi connectivity index (χ0n) is 10.9. The fourth-order valence-electron chi connectivity index (χ4n) is 1.51. The Hall–Kier alpha value is -2.33. The van der Waals surface area contributed by atoms with Crippen LogP contribution in [0.25, 0.3) is 0 Å². The Bertz CT molecular complexity index is 620. The van der Waals surface area contributed by atoms with Crippen LogP contribution in [0.2, 0.25) is 0 Å². The van der Waals surface area contributed by atoms with Gasteiger partial charge in [0.25, 0.3) is 10.0 Å². The fraction of sp³-hybridized carbons (Fsp3) is 0.231. The Balaban J connectivity index is 3.27. The van der Waals surface area contributed by atoms with E-state index in [9.17, 15) is 13.2 Å². The summed E-state index contributed by atoms with van der Waals surface area (Å²) < 4.78 is 29.9. The van der Waals surface area contributed by atoms with Gasteiger partial charge >= 0.3 is 5.97 Å². The molecule has 0 aliphatic carbocycles. The van der Waals surface area contributed by atoms with Gasteiger partial charge in [-0.3, -0.25) is 0 Å². The smallest absolute Gasteiger partial charge is 0.330 e. The van der Waals surface area contributed by atoms with Crippen LogP contribution in [-0.4, -0.2) is 36.8 Å². The van der Waals surface area contributed by atoms with Crippen LogP contribution >= 0.6 is 0 Å². The molecular formula is C13H14N2O4S. The van der Waals surface area contributed by atoms with Crippen molar-refractivity contribution in [3.05, 3.63) is 37.1 Å². The van der Waals surface area contributed by atoms with Crippen molar-refractivity contribution in [3.8, 4) is 12.5 Å². The number of methoxy groups -OCH3 is 1. The maximum Gasteiger partial charge on any atom is 0.330 e. The van der Waals surface area contributed by atoms with Gasteiger partial charge in [-0.1, -0.05) is 18.6 Å². The highest BCUT2D eigenvalue weighted by atomic mass is 32.2. The van der Waals surface area contributed by atoms with Crippen molar-refractivity contribution in [2.45, 2.75) is 17.5 Å². The molecule has 0 aromatic carbocycles. The summed E-state index contributed by atoms with van der Waals surface area (Å²) in [5.74, 6) is -0.762. The summed E-state index contributed by atoms with van der Waals surface area (Å²) in [5, 5.41) is -0.240. The number of hydrogen-bond donors (Lipinski definition) is 0. The first-order valence-electron chi connectivity index (χ1n) is 5.59. The van der Waals surface area contributed by atoms with Crippen LogP contribution in [0, 0.1) is 12.5 Å². The van der Waals surface area contributed by atoms with Crippen molar-refractivity contribution in [1.29, 1.82) is 0 Å².